The first-order valence-corrected chi connectivity index (χ1v) is 6.18. The third-order valence-electron chi connectivity index (χ3n) is 3.10. The molecule has 0 amide bonds. The van der Waals surface area contributed by atoms with Gasteiger partial charge in [-0.2, -0.15) is 5.26 Å². The van der Waals surface area contributed by atoms with E-state index in [-0.39, 0.29) is 6.04 Å². The largest absolute Gasteiger partial charge is 0.313 e. The number of nitrogens with one attached hydrogen (secondary N) is 1. The van der Waals surface area contributed by atoms with Crippen LogP contribution >= 0.6 is 0 Å². The van der Waals surface area contributed by atoms with Crippen LogP contribution in [0.1, 0.15) is 39.5 Å². The number of rotatable bonds is 6. The van der Waals surface area contributed by atoms with Crippen LogP contribution in [0.15, 0.2) is 0 Å². The van der Waals surface area contributed by atoms with Gasteiger partial charge in [0.2, 0.25) is 0 Å². The third-order valence-corrected chi connectivity index (χ3v) is 3.10. The zero-order valence-corrected chi connectivity index (χ0v) is 10.00. The molecular weight excluding hydrogens is 186 g/mol. The van der Waals surface area contributed by atoms with Crippen molar-refractivity contribution in [1.29, 1.82) is 5.26 Å². The van der Waals surface area contributed by atoms with Crippen molar-refractivity contribution >= 4 is 0 Å². The monoisotopic (exact) mass is 209 g/mol. The lowest BCUT2D eigenvalue weighted by Crippen LogP contribution is -2.43. The molecule has 2 unspecified atom stereocenters. The standard InChI is InChI=1S/C12H23N3/c1-3-8-15(12(4-2)9-13)10-11-6-5-7-14-11/h11-12,14H,3-8,10H2,1-2H3. The molecule has 3 nitrogen and oxygen atoms in total. The van der Waals surface area contributed by atoms with Crippen molar-refractivity contribution in [1.82, 2.24) is 10.2 Å². The fourth-order valence-electron chi connectivity index (χ4n) is 2.29. The molecule has 0 aliphatic carbocycles. The van der Waals surface area contributed by atoms with Gasteiger partial charge in [-0.25, -0.2) is 0 Å². The molecule has 1 aliphatic rings. The van der Waals surface area contributed by atoms with Crippen LogP contribution < -0.4 is 5.32 Å². The maximum absolute atomic E-state index is 9.08. The smallest absolute Gasteiger partial charge is 0.0975 e. The molecule has 2 atom stereocenters. The van der Waals surface area contributed by atoms with Crippen LogP contribution in [0.3, 0.4) is 0 Å². The lowest BCUT2D eigenvalue weighted by atomic mass is 10.1. The molecule has 0 saturated carbocycles. The topological polar surface area (TPSA) is 39.1 Å². The van der Waals surface area contributed by atoms with Gasteiger partial charge in [-0.1, -0.05) is 13.8 Å². The van der Waals surface area contributed by atoms with Crippen molar-refractivity contribution in [2.45, 2.75) is 51.6 Å². The Bertz CT molecular complexity index is 203. The van der Waals surface area contributed by atoms with Crippen LogP contribution in [0.25, 0.3) is 0 Å². The average molecular weight is 209 g/mol. The Labute approximate surface area is 93.5 Å². The van der Waals surface area contributed by atoms with E-state index in [2.05, 4.69) is 30.1 Å². The molecule has 15 heavy (non-hydrogen) atoms. The minimum atomic E-state index is 0.104. The SMILES string of the molecule is CCCN(CC1CCCN1)C(C#N)CC. The predicted molar refractivity (Wildman–Crippen MR) is 62.6 cm³/mol. The average Bonchev–Trinajstić information content (AvgIpc) is 2.72. The van der Waals surface area contributed by atoms with Gasteiger partial charge in [0.05, 0.1) is 12.1 Å². The molecule has 0 radical (unpaired) electrons. The summed E-state index contributed by atoms with van der Waals surface area (Å²) in [7, 11) is 0. The molecule has 1 fully saturated rings. The molecule has 0 bridgehead atoms. The summed E-state index contributed by atoms with van der Waals surface area (Å²) >= 11 is 0. The Kier molecular flexibility index (Phi) is 5.67. The highest BCUT2D eigenvalue weighted by Crippen LogP contribution is 2.11. The molecule has 1 aliphatic heterocycles. The highest BCUT2D eigenvalue weighted by Gasteiger charge is 2.21. The van der Waals surface area contributed by atoms with Crippen molar-refractivity contribution in [3.05, 3.63) is 0 Å². The van der Waals surface area contributed by atoms with Crippen LogP contribution in [0.4, 0.5) is 0 Å². The molecule has 86 valence electrons. The predicted octanol–water partition coefficient (Wildman–Crippen LogP) is 1.75. The minimum absolute atomic E-state index is 0.104. The van der Waals surface area contributed by atoms with Gasteiger partial charge >= 0.3 is 0 Å². The second kappa shape index (κ2) is 6.81. The van der Waals surface area contributed by atoms with E-state index >= 15 is 0 Å². The summed E-state index contributed by atoms with van der Waals surface area (Å²) in [6.45, 7) is 7.51. The van der Waals surface area contributed by atoms with Crippen LogP contribution in [0.5, 0.6) is 0 Å². The molecule has 3 heteroatoms. The van der Waals surface area contributed by atoms with Gasteiger partial charge in [0.1, 0.15) is 0 Å². The summed E-state index contributed by atoms with van der Waals surface area (Å²) in [4.78, 5) is 2.34. The molecule has 0 spiro atoms. The van der Waals surface area contributed by atoms with E-state index in [0.29, 0.717) is 6.04 Å². The van der Waals surface area contributed by atoms with Gasteiger partial charge in [0, 0.05) is 12.6 Å². The van der Waals surface area contributed by atoms with Crippen LogP contribution in [-0.4, -0.2) is 36.6 Å². The molecule has 0 aromatic rings. The highest BCUT2D eigenvalue weighted by molar-refractivity contribution is 4.92. The van der Waals surface area contributed by atoms with Gasteiger partial charge in [0.15, 0.2) is 0 Å². The van der Waals surface area contributed by atoms with E-state index in [0.717, 1.165) is 32.5 Å². The summed E-state index contributed by atoms with van der Waals surface area (Å²) < 4.78 is 0. The fraction of sp³-hybridized carbons (Fsp3) is 0.917. The van der Waals surface area contributed by atoms with E-state index in [1.54, 1.807) is 0 Å². The Morgan fingerprint density at radius 2 is 2.33 bits per heavy atom. The van der Waals surface area contributed by atoms with Crippen molar-refractivity contribution in [3.63, 3.8) is 0 Å². The second-order valence-electron chi connectivity index (χ2n) is 4.34. The van der Waals surface area contributed by atoms with Crippen LogP contribution in [0, 0.1) is 11.3 Å². The lowest BCUT2D eigenvalue weighted by Gasteiger charge is -2.28. The van der Waals surface area contributed by atoms with Crippen LogP contribution in [-0.2, 0) is 0 Å². The fourth-order valence-corrected chi connectivity index (χ4v) is 2.29. The number of hydrogen-bond acceptors (Lipinski definition) is 3. The normalized spacial score (nSPS) is 22.9. The van der Waals surface area contributed by atoms with E-state index in [9.17, 15) is 0 Å². The Hall–Kier alpha value is -0.590. The Morgan fingerprint density at radius 3 is 2.80 bits per heavy atom. The molecule has 0 aromatic heterocycles. The molecule has 1 rings (SSSR count). The molecule has 0 aromatic carbocycles. The zero-order valence-electron chi connectivity index (χ0n) is 10.00. The summed E-state index contributed by atoms with van der Waals surface area (Å²) in [5.74, 6) is 0. The molecule has 1 saturated heterocycles. The Morgan fingerprint density at radius 1 is 1.53 bits per heavy atom. The molecule has 1 N–H and O–H groups in total. The molecule has 1 heterocycles. The van der Waals surface area contributed by atoms with Gasteiger partial charge in [-0.05, 0) is 38.8 Å². The number of hydrogen-bond donors (Lipinski definition) is 1. The van der Waals surface area contributed by atoms with Gasteiger partial charge in [0.25, 0.3) is 0 Å². The van der Waals surface area contributed by atoms with E-state index in [1.165, 1.54) is 12.8 Å². The highest BCUT2D eigenvalue weighted by atomic mass is 15.2. The first kappa shape index (κ1) is 12.5. The van der Waals surface area contributed by atoms with Gasteiger partial charge in [-0.15, -0.1) is 0 Å². The summed E-state index contributed by atoms with van der Waals surface area (Å²) in [6, 6.07) is 3.12. The van der Waals surface area contributed by atoms with Crippen molar-refractivity contribution in [3.8, 4) is 6.07 Å². The molecular formula is C12H23N3. The van der Waals surface area contributed by atoms with Crippen LogP contribution in [0.2, 0.25) is 0 Å². The lowest BCUT2D eigenvalue weighted by molar-refractivity contribution is 0.209. The minimum Gasteiger partial charge on any atom is -0.313 e. The van der Waals surface area contributed by atoms with E-state index < -0.39 is 0 Å². The van der Waals surface area contributed by atoms with Gasteiger partial charge < -0.3 is 5.32 Å². The van der Waals surface area contributed by atoms with Gasteiger partial charge in [-0.3, -0.25) is 4.90 Å². The quantitative estimate of drug-likeness (QED) is 0.724. The van der Waals surface area contributed by atoms with E-state index in [4.69, 9.17) is 5.26 Å². The summed E-state index contributed by atoms with van der Waals surface area (Å²) in [6.07, 6.45) is 4.62. The maximum Gasteiger partial charge on any atom is 0.0975 e. The summed E-state index contributed by atoms with van der Waals surface area (Å²) in [5.41, 5.74) is 0. The Balaban J connectivity index is 2.44. The van der Waals surface area contributed by atoms with E-state index in [1.807, 2.05) is 0 Å². The van der Waals surface area contributed by atoms with Crippen molar-refractivity contribution < 1.29 is 0 Å². The van der Waals surface area contributed by atoms with Crippen molar-refractivity contribution in [2.24, 2.45) is 0 Å². The number of nitrogens with zero attached hydrogens (tertiary/aromatic N) is 2. The third kappa shape index (κ3) is 3.81. The maximum atomic E-state index is 9.08. The summed E-state index contributed by atoms with van der Waals surface area (Å²) in [5, 5.41) is 12.6. The number of nitriles is 1. The first-order valence-electron chi connectivity index (χ1n) is 6.18. The second-order valence-corrected chi connectivity index (χ2v) is 4.34. The zero-order chi connectivity index (χ0) is 11.1. The first-order chi connectivity index (χ1) is 7.31. The van der Waals surface area contributed by atoms with Crippen molar-refractivity contribution in [2.75, 3.05) is 19.6 Å².